The summed E-state index contributed by atoms with van der Waals surface area (Å²) in [5, 5.41) is 0. The summed E-state index contributed by atoms with van der Waals surface area (Å²) in [5.41, 5.74) is 4.61. The van der Waals surface area contributed by atoms with Crippen molar-refractivity contribution < 1.29 is 4.58 Å². The molecule has 0 spiro atoms. The van der Waals surface area contributed by atoms with Crippen LogP contribution in [0, 0.1) is 0 Å². The quantitative estimate of drug-likeness (QED) is 0.379. The van der Waals surface area contributed by atoms with E-state index in [2.05, 4.69) is 85.7 Å². The molecule has 0 radical (unpaired) electrons. The Labute approximate surface area is 165 Å². The minimum absolute atomic E-state index is 1.01. The van der Waals surface area contributed by atoms with Gasteiger partial charge >= 0.3 is 0 Å². The SMILES string of the molecule is CCCN(CCC)c1ccc(N=C2C=CC(=[N+](CCC)CCC)C=C2)cc1. The molecule has 0 atom stereocenters. The molecule has 0 saturated heterocycles. The van der Waals surface area contributed by atoms with E-state index in [1.807, 2.05) is 0 Å². The van der Waals surface area contributed by atoms with Gasteiger partial charge in [-0.05, 0) is 49.3 Å². The van der Waals surface area contributed by atoms with Gasteiger partial charge in [0.2, 0.25) is 0 Å². The molecule has 0 N–H and O–H groups in total. The van der Waals surface area contributed by atoms with Crippen LogP contribution in [0.5, 0.6) is 0 Å². The molecular formula is C24H36N3+. The lowest BCUT2D eigenvalue weighted by Gasteiger charge is -2.23. The van der Waals surface area contributed by atoms with Crippen molar-refractivity contribution in [1.29, 1.82) is 0 Å². The van der Waals surface area contributed by atoms with E-state index in [1.165, 1.54) is 37.1 Å². The number of nitrogens with zero attached hydrogens (tertiary/aromatic N) is 3. The highest BCUT2D eigenvalue weighted by molar-refractivity contribution is 6.17. The van der Waals surface area contributed by atoms with Crippen LogP contribution in [0.1, 0.15) is 53.4 Å². The van der Waals surface area contributed by atoms with Gasteiger partial charge in [0.1, 0.15) is 13.1 Å². The monoisotopic (exact) mass is 366 g/mol. The van der Waals surface area contributed by atoms with Crippen LogP contribution in [0.3, 0.4) is 0 Å². The van der Waals surface area contributed by atoms with Gasteiger partial charge in [-0.3, -0.25) is 0 Å². The fourth-order valence-electron chi connectivity index (χ4n) is 3.44. The minimum atomic E-state index is 1.01. The third kappa shape index (κ3) is 6.50. The van der Waals surface area contributed by atoms with Crippen molar-refractivity contribution in [3.8, 4) is 0 Å². The van der Waals surface area contributed by atoms with Gasteiger partial charge in [0.25, 0.3) is 0 Å². The number of hydrogen-bond acceptors (Lipinski definition) is 2. The molecule has 1 aromatic rings. The maximum absolute atomic E-state index is 4.79. The van der Waals surface area contributed by atoms with Crippen LogP contribution in [0.4, 0.5) is 11.4 Å². The van der Waals surface area contributed by atoms with Crippen LogP contribution < -0.4 is 4.90 Å². The molecule has 1 aromatic carbocycles. The zero-order chi connectivity index (χ0) is 19.5. The van der Waals surface area contributed by atoms with Crippen molar-refractivity contribution in [2.75, 3.05) is 31.1 Å². The smallest absolute Gasteiger partial charge is 0.200 e. The summed E-state index contributed by atoms with van der Waals surface area (Å²) < 4.78 is 2.45. The molecule has 0 fully saturated rings. The maximum atomic E-state index is 4.79. The van der Waals surface area contributed by atoms with Gasteiger partial charge < -0.3 is 4.90 Å². The fourth-order valence-corrected chi connectivity index (χ4v) is 3.44. The van der Waals surface area contributed by atoms with Crippen molar-refractivity contribution in [3.63, 3.8) is 0 Å². The van der Waals surface area contributed by atoms with E-state index < -0.39 is 0 Å². The van der Waals surface area contributed by atoms with Gasteiger partial charge in [-0.15, -0.1) is 0 Å². The zero-order valence-corrected chi connectivity index (χ0v) is 17.6. The van der Waals surface area contributed by atoms with Gasteiger partial charge in [-0.1, -0.05) is 27.7 Å². The average molecular weight is 367 g/mol. The Balaban J connectivity index is 2.10. The lowest BCUT2D eigenvalue weighted by molar-refractivity contribution is -0.526. The third-order valence-electron chi connectivity index (χ3n) is 4.66. The Hall–Kier alpha value is -2.16. The second-order valence-corrected chi connectivity index (χ2v) is 7.12. The van der Waals surface area contributed by atoms with Gasteiger partial charge in [0.15, 0.2) is 5.71 Å². The molecule has 1 aliphatic carbocycles. The second kappa shape index (κ2) is 11.5. The Morgan fingerprint density at radius 3 is 1.78 bits per heavy atom. The molecule has 3 heteroatoms. The molecule has 27 heavy (non-hydrogen) atoms. The van der Waals surface area contributed by atoms with E-state index in [0.717, 1.165) is 37.6 Å². The van der Waals surface area contributed by atoms with E-state index in [9.17, 15) is 0 Å². The highest BCUT2D eigenvalue weighted by Crippen LogP contribution is 2.21. The summed E-state index contributed by atoms with van der Waals surface area (Å²) in [5.74, 6) is 0. The Kier molecular flexibility index (Phi) is 9.03. The van der Waals surface area contributed by atoms with E-state index in [4.69, 9.17) is 4.99 Å². The summed E-state index contributed by atoms with van der Waals surface area (Å²) in [6.45, 7) is 13.4. The number of rotatable bonds is 10. The van der Waals surface area contributed by atoms with E-state index in [0.29, 0.717) is 0 Å². The van der Waals surface area contributed by atoms with Crippen molar-refractivity contribution >= 4 is 22.8 Å². The van der Waals surface area contributed by atoms with Crippen LogP contribution in [-0.2, 0) is 0 Å². The summed E-state index contributed by atoms with van der Waals surface area (Å²) >= 11 is 0. The molecule has 0 unspecified atom stereocenters. The Bertz CT molecular complexity index is 661. The number of benzene rings is 1. The molecule has 3 nitrogen and oxygen atoms in total. The molecule has 1 aliphatic rings. The number of allylic oxidation sites excluding steroid dienone is 4. The van der Waals surface area contributed by atoms with Crippen molar-refractivity contribution in [3.05, 3.63) is 48.6 Å². The number of aliphatic imine (C=N–C) groups is 1. The van der Waals surface area contributed by atoms with Gasteiger partial charge in [0, 0.05) is 43.8 Å². The van der Waals surface area contributed by atoms with E-state index >= 15 is 0 Å². The van der Waals surface area contributed by atoms with Crippen LogP contribution in [0.25, 0.3) is 0 Å². The largest absolute Gasteiger partial charge is 0.372 e. The highest BCUT2D eigenvalue weighted by Gasteiger charge is 2.11. The van der Waals surface area contributed by atoms with Crippen molar-refractivity contribution in [1.82, 2.24) is 0 Å². The van der Waals surface area contributed by atoms with Crippen molar-refractivity contribution in [2.45, 2.75) is 53.4 Å². The molecule has 0 saturated carbocycles. The first-order chi connectivity index (χ1) is 13.2. The first-order valence-corrected chi connectivity index (χ1v) is 10.6. The lowest BCUT2D eigenvalue weighted by Crippen LogP contribution is -2.24. The fraction of sp³-hybridized carbons (Fsp3) is 0.500. The summed E-state index contributed by atoms with van der Waals surface area (Å²) in [6, 6.07) is 8.65. The van der Waals surface area contributed by atoms with Crippen LogP contribution in [0.15, 0.2) is 53.6 Å². The maximum Gasteiger partial charge on any atom is 0.200 e. The average Bonchev–Trinajstić information content (AvgIpc) is 2.69. The van der Waals surface area contributed by atoms with Gasteiger partial charge in [0.05, 0.1) is 11.4 Å². The topological polar surface area (TPSA) is 18.6 Å². The van der Waals surface area contributed by atoms with Crippen LogP contribution in [0.2, 0.25) is 0 Å². The Morgan fingerprint density at radius 1 is 0.741 bits per heavy atom. The molecule has 146 valence electrons. The van der Waals surface area contributed by atoms with E-state index in [-0.39, 0.29) is 0 Å². The first kappa shape index (κ1) is 21.1. The summed E-state index contributed by atoms with van der Waals surface area (Å²) in [7, 11) is 0. The molecule has 0 aliphatic heterocycles. The predicted molar refractivity (Wildman–Crippen MR) is 120 cm³/mol. The molecular weight excluding hydrogens is 330 g/mol. The third-order valence-corrected chi connectivity index (χ3v) is 4.66. The van der Waals surface area contributed by atoms with E-state index in [1.54, 1.807) is 0 Å². The normalized spacial score (nSPS) is 13.2. The molecule has 2 rings (SSSR count). The molecule has 0 bridgehead atoms. The minimum Gasteiger partial charge on any atom is -0.372 e. The lowest BCUT2D eigenvalue weighted by atomic mass is 10.1. The van der Waals surface area contributed by atoms with Crippen LogP contribution >= 0.6 is 0 Å². The first-order valence-electron chi connectivity index (χ1n) is 10.6. The van der Waals surface area contributed by atoms with Gasteiger partial charge in [-0.25, -0.2) is 9.57 Å². The highest BCUT2D eigenvalue weighted by atomic mass is 15.1. The number of hydrogen-bond donors (Lipinski definition) is 0. The second-order valence-electron chi connectivity index (χ2n) is 7.12. The van der Waals surface area contributed by atoms with Gasteiger partial charge in [-0.2, -0.15) is 0 Å². The summed E-state index contributed by atoms with van der Waals surface area (Å²) in [6.07, 6.45) is 13.3. The molecule has 0 heterocycles. The Morgan fingerprint density at radius 2 is 1.30 bits per heavy atom. The molecule has 0 aromatic heterocycles. The molecule has 0 amide bonds. The summed E-state index contributed by atoms with van der Waals surface area (Å²) in [4.78, 5) is 7.24. The zero-order valence-electron chi connectivity index (χ0n) is 17.6. The number of anilines is 1. The predicted octanol–water partition coefficient (Wildman–Crippen LogP) is 5.79. The standard InChI is InChI=1S/C24H36N3/c1-5-17-26(18-6-2)23-13-9-21(10-14-23)25-22-11-15-24(16-12-22)27(19-7-3)20-8-4/h9-16H,5-8,17-20H2,1-4H3/q+1. The van der Waals surface area contributed by atoms with Crippen molar-refractivity contribution in [2.24, 2.45) is 4.99 Å². The van der Waals surface area contributed by atoms with Crippen LogP contribution in [-0.4, -0.2) is 42.2 Å².